The second-order valence-corrected chi connectivity index (χ2v) is 6.16. The first-order chi connectivity index (χ1) is 10.1. The van der Waals surface area contributed by atoms with Gasteiger partial charge in [0.2, 0.25) is 11.8 Å². The summed E-state index contributed by atoms with van der Waals surface area (Å²) in [6.07, 6.45) is 8.98. The maximum atomic E-state index is 12.0. The van der Waals surface area contributed by atoms with Crippen molar-refractivity contribution in [1.29, 1.82) is 0 Å². The molecule has 0 saturated heterocycles. The molecule has 1 N–H and O–H groups in total. The summed E-state index contributed by atoms with van der Waals surface area (Å²) in [6.45, 7) is 6.95. The fraction of sp³-hybridized carbons (Fsp3) is 0.882. The van der Waals surface area contributed by atoms with Crippen LogP contribution in [0.2, 0.25) is 0 Å². The van der Waals surface area contributed by atoms with Crippen LogP contribution in [-0.4, -0.2) is 35.8 Å². The van der Waals surface area contributed by atoms with Crippen molar-refractivity contribution in [1.82, 2.24) is 10.2 Å². The summed E-state index contributed by atoms with van der Waals surface area (Å²) >= 11 is 0. The summed E-state index contributed by atoms with van der Waals surface area (Å²) in [5.74, 6) is 0.372. The van der Waals surface area contributed by atoms with Crippen molar-refractivity contribution in [2.24, 2.45) is 5.92 Å². The SMILES string of the molecule is CCC(CC)C(=O)NCCN(C(C)=O)C1CCCCCC1. The molecule has 4 heteroatoms. The van der Waals surface area contributed by atoms with Gasteiger partial charge in [0.05, 0.1) is 0 Å². The molecule has 0 aromatic heterocycles. The predicted octanol–water partition coefficient (Wildman–Crippen LogP) is 3.11. The summed E-state index contributed by atoms with van der Waals surface area (Å²) in [5, 5.41) is 2.99. The van der Waals surface area contributed by atoms with Crippen molar-refractivity contribution in [3.63, 3.8) is 0 Å². The Morgan fingerprint density at radius 2 is 1.67 bits per heavy atom. The lowest BCUT2D eigenvalue weighted by Crippen LogP contribution is -2.44. The normalized spacial score (nSPS) is 16.6. The second kappa shape index (κ2) is 9.80. The summed E-state index contributed by atoms with van der Waals surface area (Å²) in [7, 11) is 0. The van der Waals surface area contributed by atoms with Crippen LogP contribution in [0.1, 0.15) is 72.1 Å². The summed E-state index contributed by atoms with van der Waals surface area (Å²) in [4.78, 5) is 25.8. The Morgan fingerprint density at radius 1 is 1.10 bits per heavy atom. The number of hydrogen-bond donors (Lipinski definition) is 1. The van der Waals surface area contributed by atoms with Gasteiger partial charge in [0, 0.05) is 32.0 Å². The molecule has 0 bridgehead atoms. The molecule has 1 fully saturated rings. The number of carbonyl (C=O) groups excluding carboxylic acids is 2. The molecular weight excluding hydrogens is 264 g/mol. The molecule has 1 aliphatic rings. The molecule has 0 atom stereocenters. The highest BCUT2D eigenvalue weighted by Crippen LogP contribution is 2.21. The fourth-order valence-electron chi connectivity index (χ4n) is 3.27. The van der Waals surface area contributed by atoms with E-state index in [-0.39, 0.29) is 17.7 Å². The van der Waals surface area contributed by atoms with Crippen LogP contribution in [0.4, 0.5) is 0 Å². The molecular formula is C17H32N2O2. The molecule has 1 aliphatic carbocycles. The molecule has 0 spiro atoms. The zero-order valence-electron chi connectivity index (χ0n) is 14.0. The van der Waals surface area contributed by atoms with E-state index < -0.39 is 0 Å². The molecule has 0 unspecified atom stereocenters. The third kappa shape index (κ3) is 6.06. The topological polar surface area (TPSA) is 49.4 Å². The standard InChI is InChI=1S/C17H32N2O2/c1-4-15(5-2)17(21)18-12-13-19(14(3)20)16-10-8-6-7-9-11-16/h15-16H,4-13H2,1-3H3,(H,18,21). The van der Waals surface area contributed by atoms with Crippen LogP contribution in [0.5, 0.6) is 0 Å². The van der Waals surface area contributed by atoms with Gasteiger partial charge in [0.25, 0.3) is 0 Å². The molecule has 0 aliphatic heterocycles. The molecule has 2 amide bonds. The van der Waals surface area contributed by atoms with E-state index in [9.17, 15) is 9.59 Å². The molecule has 122 valence electrons. The fourth-order valence-corrected chi connectivity index (χ4v) is 3.27. The smallest absolute Gasteiger partial charge is 0.223 e. The molecule has 1 saturated carbocycles. The highest BCUT2D eigenvalue weighted by atomic mass is 16.2. The van der Waals surface area contributed by atoms with Crippen molar-refractivity contribution in [3.8, 4) is 0 Å². The van der Waals surface area contributed by atoms with E-state index in [0.29, 0.717) is 19.1 Å². The van der Waals surface area contributed by atoms with E-state index in [1.165, 1.54) is 25.7 Å². The van der Waals surface area contributed by atoms with Gasteiger partial charge in [-0.2, -0.15) is 0 Å². The summed E-state index contributed by atoms with van der Waals surface area (Å²) in [6, 6.07) is 0.370. The highest BCUT2D eigenvalue weighted by Gasteiger charge is 2.22. The molecule has 1 rings (SSSR count). The molecule has 0 heterocycles. The van der Waals surface area contributed by atoms with Crippen LogP contribution >= 0.6 is 0 Å². The first-order valence-corrected chi connectivity index (χ1v) is 8.65. The zero-order chi connectivity index (χ0) is 15.7. The summed E-state index contributed by atoms with van der Waals surface area (Å²) in [5.41, 5.74) is 0. The van der Waals surface area contributed by atoms with E-state index in [1.54, 1.807) is 6.92 Å². The monoisotopic (exact) mass is 296 g/mol. The zero-order valence-corrected chi connectivity index (χ0v) is 14.0. The minimum Gasteiger partial charge on any atom is -0.354 e. The summed E-state index contributed by atoms with van der Waals surface area (Å²) < 4.78 is 0. The maximum absolute atomic E-state index is 12.0. The van der Waals surface area contributed by atoms with Gasteiger partial charge >= 0.3 is 0 Å². The van der Waals surface area contributed by atoms with Gasteiger partial charge in [-0.3, -0.25) is 9.59 Å². The van der Waals surface area contributed by atoms with Crippen LogP contribution in [0, 0.1) is 5.92 Å². The Bertz CT molecular complexity index is 319. The predicted molar refractivity (Wildman–Crippen MR) is 86.0 cm³/mol. The van der Waals surface area contributed by atoms with Gasteiger partial charge < -0.3 is 10.2 Å². The Labute approximate surface area is 129 Å². The van der Waals surface area contributed by atoms with Crippen molar-refractivity contribution >= 4 is 11.8 Å². The van der Waals surface area contributed by atoms with Gasteiger partial charge in [0.1, 0.15) is 0 Å². The third-order valence-electron chi connectivity index (χ3n) is 4.68. The Hall–Kier alpha value is -1.06. The average molecular weight is 296 g/mol. The Morgan fingerprint density at radius 3 is 2.14 bits per heavy atom. The average Bonchev–Trinajstić information content (AvgIpc) is 2.73. The largest absolute Gasteiger partial charge is 0.354 e. The molecule has 21 heavy (non-hydrogen) atoms. The van der Waals surface area contributed by atoms with Crippen LogP contribution in [0.3, 0.4) is 0 Å². The van der Waals surface area contributed by atoms with Gasteiger partial charge in [-0.05, 0) is 25.7 Å². The lowest BCUT2D eigenvalue weighted by Gasteiger charge is -2.30. The lowest BCUT2D eigenvalue weighted by molar-refractivity contribution is -0.132. The number of rotatable bonds is 7. The second-order valence-electron chi connectivity index (χ2n) is 6.16. The number of carbonyl (C=O) groups is 2. The minimum atomic E-state index is 0.105. The van der Waals surface area contributed by atoms with Gasteiger partial charge in [0.15, 0.2) is 0 Å². The van der Waals surface area contributed by atoms with Crippen molar-refractivity contribution in [2.45, 2.75) is 78.2 Å². The molecule has 0 aromatic carbocycles. The molecule has 4 nitrogen and oxygen atoms in total. The minimum absolute atomic E-state index is 0.105. The van der Waals surface area contributed by atoms with E-state index >= 15 is 0 Å². The van der Waals surface area contributed by atoms with Crippen molar-refractivity contribution in [3.05, 3.63) is 0 Å². The van der Waals surface area contributed by atoms with E-state index in [1.807, 2.05) is 18.7 Å². The van der Waals surface area contributed by atoms with Crippen molar-refractivity contribution in [2.75, 3.05) is 13.1 Å². The van der Waals surface area contributed by atoms with Crippen LogP contribution in [-0.2, 0) is 9.59 Å². The van der Waals surface area contributed by atoms with Gasteiger partial charge in [-0.15, -0.1) is 0 Å². The Balaban J connectivity index is 2.44. The highest BCUT2D eigenvalue weighted by molar-refractivity contribution is 5.78. The molecule has 0 radical (unpaired) electrons. The van der Waals surface area contributed by atoms with Crippen LogP contribution in [0.15, 0.2) is 0 Å². The van der Waals surface area contributed by atoms with Gasteiger partial charge in [-0.25, -0.2) is 0 Å². The van der Waals surface area contributed by atoms with E-state index in [0.717, 1.165) is 25.7 Å². The number of amides is 2. The van der Waals surface area contributed by atoms with Crippen LogP contribution < -0.4 is 5.32 Å². The number of nitrogens with one attached hydrogen (secondary N) is 1. The lowest BCUT2D eigenvalue weighted by atomic mass is 10.0. The maximum Gasteiger partial charge on any atom is 0.223 e. The first-order valence-electron chi connectivity index (χ1n) is 8.65. The molecule has 0 aromatic rings. The number of nitrogens with zero attached hydrogens (tertiary/aromatic N) is 1. The number of hydrogen-bond acceptors (Lipinski definition) is 2. The van der Waals surface area contributed by atoms with E-state index in [4.69, 9.17) is 0 Å². The van der Waals surface area contributed by atoms with E-state index in [2.05, 4.69) is 5.32 Å². The quantitative estimate of drug-likeness (QED) is 0.734. The first kappa shape index (κ1) is 18.0. The Kier molecular flexibility index (Phi) is 8.40. The van der Waals surface area contributed by atoms with Gasteiger partial charge in [-0.1, -0.05) is 39.5 Å². The van der Waals surface area contributed by atoms with Crippen molar-refractivity contribution < 1.29 is 9.59 Å². The third-order valence-corrected chi connectivity index (χ3v) is 4.68. The van der Waals surface area contributed by atoms with Crippen LogP contribution in [0.25, 0.3) is 0 Å².